The van der Waals surface area contributed by atoms with Crippen LogP contribution in [0.25, 0.3) is 10.6 Å². The maximum absolute atomic E-state index is 8.68. The Morgan fingerprint density at radius 3 is 2.62 bits per heavy atom. The first kappa shape index (κ1) is 11.0. The van der Waals surface area contributed by atoms with Crippen LogP contribution in [0.2, 0.25) is 0 Å². The van der Waals surface area contributed by atoms with Gasteiger partial charge in [-0.05, 0) is 40.2 Å². The third-order valence-corrected chi connectivity index (χ3v) is 3.62. The molecule has 0 N–H and O–H groups in total. The van der Waals surface area contributed by atoms with Crippen LogP contribution in [0.3, 0.4) is 0 Å². The summed E-state index contributed by atoms with van der Waals surface area (Å²) in [5.74, 6) is 0.543. The Bertz CT molecular complexity index is 528. The Hall–Kier alpha value is -1.45. The molecule has 0 unspecified atom stereocenters. The number of thiophene rings is 1. The van der Waals surface area contributed by atoms with Crippen molar-refractivity contribution in [2.24, 2.45) is 0 Å². The van der Waals surface area contributed by atoms with E-state index in [2.05, 4.69) is 26.1 Å². The van der Waals surface area contributed by atoms with Gasteiger partial charge in [-0.2, -0.15) is 5.26 Å². The quantitative estimate of drug-likeness (QED) is 0.631. The highest BCUT2D eigenvalue weighted by atomic mass is 79.9. The molecule has 0 aromatic carbocycles. The number of halogens is 1. The van der Waals surface area contributed by atoms with Crippen LogP contribution in [-0.2, 0) is 0 Å². The first-order valence-electron chi connectivity index (χ1n) is 4.43. The minimum atomic E-state index is 0.543. The van der Waals surface area contributed by atoms with Crippen molar-refractivity contribution in [2.45, 2.75) is 0 Å². The highest BCUT2D eigenvalue weighted by Crippen LogP contribution is 2.29. The van der Waals surface area contributed by atoms with Crippen molar-refractivity contribution >= 4 is 33.1 Å². The summed E-state index contributed by atoms with van der Waals surface area (Å²) in [6.45, 7) is 0. The molecule has 0 atom stereocenters. The van der Waals surface area contributed by atoms with Crippen molar-refractivity contribution in [1.29, 1.82) is 5.26 Å². The molecule has 0 saturated heterocycles. The minimum Gasteiger partial charge on any atom is -0.265 e. The molecule has 0 aliphatic rings. The lowest BCUT2D eigenvalue weighted by Gasteiger charge is -2.05. The third kappa shape index (κ3) is 2.21. The lowest BCUT2D eigenvalue weighted by Crippen LogP contribution is -2.10. The standard InChI is InChI=1S/C10H7BrN4S/c1-15(6-12)10-5-2-7(13-14-10)8-3-4-9(11)16-8/h2-5H,1H3. The second-order valence-corrected chi connectivity index (χ2v) is 5.50. The summed E-state index contributed by atoms with van der Waals surface area (Å²) >= 11 is 4.99. The van der Waals surface area contributed by atoms with Crippen molar-refractivity contribution in [3.05, 3.63) is 28.1 Å². The van der Waals surface area contributed by atoms with Crippen LogP contribution in [0.4, 0.5) is 5.82 Å². The van der Waals surface area contributed by atoms with E-state index in [1.54, 1.807) is 24.5 Å². The van der Waals surface area contributed by atoms with Crippen LogP contribution < -0.4 is 4.90 Å². The molecule has 0 bridgehead atoms. The van der Waals surface area contributed by atoms with E-state index in [1.807, 2.05) is 24.4 Å². The number of anilines is 1. The SMILES string of the molecule is CN(C#N)c1ccc(-c2ccc(Br)s2)nn1. The average molecular weight is 295 g/mol. The zero-order valence-electron chi connectivity index (χ0n) is 8.38. The normalized spacial score (nSPS) is 9.81. The summed E-state index contributed by atoms with van der Waals surface area (Å²) in [4.78, 5) is 2.41. The molecular weight excluding hydrogens is 288 g/mol. The largest absolute Gasteiger partial charge is 0.265 e. The van der Waals surface area contributed by atoms with E-state index >= 15 is 0 Å². The van der Waals surface area contributed by atoms with E-state index in [0.29, 0.717) is 5.82 Å². The first-order chi connectivity index (χ1) is 7.70. The Kier molecular flexibility index (Phi) is 3.17. The van der Waals surface area contributed by atoms with Gasteiger partial charge in [0.25, 0.3) is 0 Å². The lowest BCUT2D eigenvalue weighted by molar-refractivity contribution is 0.996. The predicted molar refractivity (Wildman–Crippen MR) is 67.1 cm³/mol. The number of hydrogen-bond acceptors (Lipinski definition) is 5. The van der Waals surface area contributed by atoms with Gasteiger partial charge >= 0.3 is 0 Å². The maximum atomic E-state index is 8.68. The average Bonchev–Trinajstić information content (AvgIpc) is 2.75. The molecular formula is C10H7BrN4S. The van der Waals surface area contributed by atoms with Gasteiger partial charge in [-0.3, -0.25) is 4.90 Å². The molecule has 0 aliphatic heterocycles. The number of aromatic nitrogens is 2. The number of nitrogens with zero attached hydrogens (tertiary/aromatic N) is 4. The van der Waals surface area contributed by atoms with E-state index < -0.39 is 0 Å². The van der Waals surface area contributed by atoms with Gasteiger partial charge in [0.1, 0.15) is 5.69 Å². The fourth-order valence-corrected chi connectivity index (χ4v) is 2.49. The molecule has 0 spiro atoms. The van der Waals surface area contributed by atoms with Crippen LogP contribution in [0.15, 0.2) is 28.1 Å². The van der Waals surface area contributed by atoms with E-state index in [0.717, 1.165) is 14.4 Å². The molecule has 6 heteroatoms. The first-order valence-corrected chi connectivity index (χ1v) is 6.04. The molecule has 2 aromatic heterocycles. The molecule has 0 radical (unpaired) electrons. The summed E-state index contributed by atoms with van der Waals surface area (Å²) in [6.07, 6.45) is 1.97. The Balaban J connectivity index is 2.30. The predicted octanol–water partition coefficient (Wildman–Crippen LogP) is 2.88. The van der Waals surface area contributed by atoms with Crippen molar-refractivity contribution in [3.63, 3.8) is 0 Å². The molecule has 2 heterocycles. The van der Waals surface area contributed by atoms with E-state index in [9.17, 15) is 0 Å². The van der Waals surface area contributed by atoms with Gasteiger partial charge in [0.15, 0.2) is 12.0 Å². The minimum absolute atomic E-state index is 0.543. The Morgan fingerprint density at radius 2 is 2.12 bits per heavy atom. The molecule has 2 aromatic rings. The topological polar surface area (TPSA) is 52.8 Å². The summed E-state index contributed by atoms with van der Waals surface area (Å²) in [5.41, 5.74) is 0.811. The van der Waals surface area contributed by atoms with Crippen molar-refractivity contribution in [3.8, 4) is 16.8 Å². The van der Waals surface area contributed by atoms with Crippen LogP contribution in [0.1, 0.15) is 0 Å². The van der Waals surface area contributed by atoms with E-state index in [4.69, 9.17) is 5.26 Å². The van der Waals surface area contributed by atoms with E-state index in [-0.39, 0.29) is 0 Å². The molecule has 0 amide bonds. The van der Waals surface area contributed by atoms with Gasteiger partial charge in [-0.1, -0.05) is 0 Å². The van der Waals surface area contributed by atoms with Gasteiger partial charge in [-0.15, -0.1) is 21.5 Å². The van der Waals surface area contributed by atoms with Gasteiger partial charge in [-0.25, -0.2) is 0 Å². The molecule has 4 nitrogen and oxygen atoms in total. The second-order valence-electron chi connectivity index (χ2n) is 3.04. The van der Waals surface area contributed by atoms with Gasteiger partial charge in [0.05, 0.1) is 8.66 Å². The summed E-state index contributed by atoms with van der Waals surface area (Å²) in [7, 11) is 1.64. The summed E-state index contributed by atoms with van der Waals surface area (Å²) < 4.78 is 1.06. The van der Waals surface area contributed by atoms with Crippen molar-refractivity contribution in [2.75, 3.05) is 11.9 Å². The molecule has 0 saturated carbocycles. The van der Waals surface area contributed by atoms with Gasteiger partial charge in [0.2, 0.25) is 0 Å². The zero-order chi connectivity index (χ0) is 11.5. The Morgan fingerprint density at radius 1 is 1.31 bits per heavy atom. The van der Waals surface area contributed by atoms with Crippen molar-refractivity contribution in [1.82, 2.24) is 10.2 Å². The fraction of sp³-hybridized carbons (Fsp3) is 0.100. The van der Waals surface area contributed by atoms with Gasteiger partial charge in [0, 0.05) is 7.05 Å². The number of rotatable bonds is 2. The fourth-order valence-electron chi connectivity index (χ4n) is 1.14. The molecule has 80 valence electrons. The molecule has 2 rings (SSSR count). The monoisotopic (exact) mass is 294 g/mol. The van der Waals surface area contributed by atoms with Crippen LogP contribution in [0, 0.1) is 11.5 Å². The highest BCUT2D eigenvalue weighted by molar-refractivity contribution is 9.11. The van der Waals surface area contributed by atoms with E-state index in [1.165, 1.54) is 4.90 Å². The Labute approximate surface area is 105 Å². The molecule has 16 heavy (non-hydrogen) atoms. The number of hydrogen-bond donors (Lipinski definition) is 0. The highest BCUT2D eigenvalue weighted by Gasteiger charge is 2.05. The molecule has 0 fully saturated rings. The van der Waals surface area contributed by atoms with Crippen LogP contribution in [0.5, 0.6) is 0 Å². The molecule has 0 aliphatic carbocycles. The van der Waals surface area contributed by atoms with Crippen molar-refractivity contribution < 1.29 is 0 Å². The zero-order valence-corrected chi connectivity index (χ0v) is 10.8. The van der Waals surface area contributed by atoms with Gasteiger partial charge < -0.3 is 0 Å². The van der Waals surface area contributed by atoms with Crippen LogP contribution in [-0.4, -0.2) is 17.2 Å². The van der Waals surface area contributed by atoms with Crippen LogP contribution >= 0.6 is 27.3 Å². The number of nitriles is 1. The maximum Gasteiger partial charge on any atom is 0.185 e. The summed E-state index contributed by atoms with van der Waals surface area (Å²) in [6, 6.07) is 7.58. The second kappa shape index (κ2) is 4.60. The third-order valence-electron chi connectivity index (χ3n) is 1.97. The lowest BCUT2D eigenvalue weighted by atomic mass is 10.3. The smallest absolute Gasteiger partial charge is 0.185 e. The summed E-state index contributed by atoms with van der Waals surface area (Å²) in [5, 5.41) is 16.7.